The zero-order valence-electron chi connectivity index (χ0n) is 17.2. The second kappa shape index (κ2) is 13.8. The predicted molar refractivity (Wildman–Crippen MR) is 108 cm³/mol. The number of likely N-dealkylation sites (N-methyl/N-ethyl adjacent to an activating group) is 1. The van der Waals surface area contributed by atoms with E-state index in [1.807, 2.05) is 0 Å². The predicted octanol–water partition coefficient (Wildman–Crippen LogP) is 6.92. The number of unbranched alkanes of at least 4 members (excludes halogenated alkanes) is 13. The number of hydrogen-bond donors (Lipinski definition) is 0. The maximum atomic E-state index is 2.45. The van der Waals surface area contributed by atoms with Crippen LogP contribution in [0.1, 0.15) is 111 Å². The van der Waals surface area contributed by atoms with Crippen molar-refractivity contribution < 1.29 is 0 Å². The van der Waals surface area contributed by atoms with Gasteiger partial charge in [-0.25, -0.2) is 5.01 Å². The summed E-state index contributed by atoms with van der Waals surface area (Å²) in [6.45, 7) is 8.00. The molecule has 1 heterocycles. The number of rotatable bonds is 15. The van der Waals surface area contributed by atoms with E-state index in [0.717, 1.165) is 0 Å². The molecule has 0 radical (unpaired) electrons. The van der Waals surface area contributed by atoms with Crippen LogP contribution in [-0.4, -0.2) is 29.7 Å². The van der Waals surface area contributed by atoms with Crippen LogP contribution in [-0.2, 0) is 0 Å². The van der Waals surface area contributed by atoms with Crippen LogP contribution in [0.15, 0.2) is 11.8 Å². The second-order valence-corrected chi connectivity index (χ2v) is 7.84. The fraction of sp³-hybridized carbons (Fsp3) is 0.909. The highest BCUT2D eigenvalue weighted by Gasteiger charge is 2.22. The molecule has 1 unspecified atom stereocenters. The summed E-state index contributed by atoms with van der Waals surface area (Å²) in [4.78, 5) is 0. The molecule has 0 aromatic heterocycles. The Labute approximate surface area is 152 Å². The summed E-state index contributed by atoms with van der Waals surface area (Å²) in [5, 5.41) is 4.82. The highest BCUT2D eigenvalue weighted by atomic mass is 15.6. The maximum absolute atomic E-state index is 2.45. The Kier molecular flexibility index (Phi) is 12.3. The molecular weight excluding hydrogens is 292 g/mol. The molecule has 0 fully saturated rings. The smallest absolute Gasteiger partial charge is 0.0461 e. The Morgan fingerprint density at radius 3 is 1.54 bits per heavy atom. The van der Waals surface area contributed by atoms with Gasteiger partial charge in [-0.1, -0.05) is 90.4 Å². The lowest BCUT2D eigenvalue weighted by molar-refractivity contribution is 0.0392. The van der Waals surface area contributed by atoms with Gasteiger partial charge in [0.2, 0.25) is 0 Å². The van der Waals surface area contributed by atoms with E-state index in [2.05, 4.69) is 43.9 Å². The van der Waals surface area contributed by atoms with Crippen LogP contribution >= 0.6 is 0 Å². The molecule has 0 saturated heterocycles. The topological polar surface area (TPSA) is 6.48 Å². The van der Waals surface area contributed by atoms with Crippen LogP contribution in [0.25, 0.3) is 0 Å². The van der Waals surface area contributed by atoms with Crippen molar-refractivity contribution in [2.24, 2.45) is 0 Å². The van der Waals surface area contributed by atoms with Gasteiger partial charge >= 0.3 is 0 Å². The van der Waals surface area contributed by atoms with Gasteiger partial charge in [-0.15, -0.1) is 0 Å². The van der Waals surface area contributed by atoms with Gasteiger partial charge in [0.25, 0.3) is 0 Å². The van der Waals surface area contributed by atoms with Crippen LogP contribution < -0.4 is 0 Å². The van der Waals surface area contributed by atoms with Gasteiger partial charge in [0.15, 0.2) is 0 Å². The second-order valence-electron chi connectivity index (χ2n) is 7.84. The molecule has 24 heavy (non-hydrogen) atoms. The maximum Gasteiger partial charge on any atom is 0.0461 e. The number of hydrazine groups is 1. The molecule has 2 nitrogen and oxygen atoms in total. The molecule has 0 saturated carbocycles. The molecule has 0 aromatic carbocycles. The Balaban J connectivity index is 1.80. The third-order valence-electron chi connectivity index (χ3n) is 5.58. The van der Waals surface area contributed by atoms with Crippen molar-refractivity contribution in [3.05, 3.63) is 11.8 Å². The molecule has 1 aliphatic heterocycles. The Hall–Kier alpha value is -0.500. The summed E-state index contributed by atoms with van der Waals surface area (Å²) < 4.78 is 0. The van der Waals surface area contributed by atoms with Gasteiger partial charge < -0.3 is 5.01 Å². The largest absolute Gasteiger partial charge is 0.310 e. The van der Waals surface area contributed by atoms with E-state index in [4.69, 9.17) is 0 Å². The summed E-state index contributed by atoms with van der Waals surface area (Å²) in [5.74, 6) is 0. The van der Waals surface area contributed by atoms with Gasteiger partial charge in [-0.3, -0.25) is 0 Å². The molecule has 142 valence electrons. The third kappa shape index (κ3) is 9.11. The average molecular weight is 337 g/mol. The van der Waals surface area contributed by atoms with Crippen molar-refractivity contribution in [2.45, 2.75) is 117 Å². The monoisotopic (exact) mass is 336 g/mol. The lowest BCUT2D eigenvalue weighted by atomic mass is 10.0. The first kappa shape index (κ1) is 21.5. The molecule has 0 amide bonds. The SMILES string of the molecule is CCCCCCCCCCCCCCCCN1C(C)=CC(C)N1C. The molecule has 0 bridgehead atoms. The van der Waals surface area contributed by atoms with E-state index >= 15 is 0 Å². The first-order valence-corrected chi connectivity index (χ1v) is 10.9. The van der Waals surface area contributed by atoms with Crippen molar-refractivity contribution in [1.29, 1.82) is 0 Å². The van der Waals surface area contributed by atoms with Crippen LogP contribution in [0.3, 0.4) is 0 Å². The molecule has 0 aliphatic carbocycles. The van der Waals surface area contributed by atoms with Gasteiger partial charge in [-0.05, 0) is 26.3 Å². The number of hydrogen-bond acceptors (Lipinski definition) is 2. The minimum Gasteiger partial charge on any atom is -0.310 e. The Morgan fingerprint density at radius 2 is 1.17 bits per heavy atom. The lowest BCUT2D eigenvalue weighted by Gasteiger charge is -2.30. The average Bonchev–Trinajstić information content (AvgIpc) is 2.81. The normalized spacial score (nSPS) is 18.4. The van der Waals surface area contributed by atoms with E-state index in [-0.39, 0.29) is 0 Å². The Morgan fingerprint density at radius 1 is 0.750 bits per heavy atom. The lowest BCUT2D eigenvalue weighted by Crippen LogP contribution is -2.38. The molecule has 1 atom stereocenters. The van der Waals surface area contributed by atoms with Gasteiger partial charge in [0, 0.05) is 25.3 Å². The van der Waals surface area contributed by atoms with Crippen molar-refractivity contribution in [1.82, 2.24) is 10.0 Å². The minimum atomic E-state index is 0.566. The minimum absolute atomic E-state index is 0.566. The number of allylic oxidation sites excluding steroid dienone is 1. The van der Waals surface area contributed by atoms with E-state index < -0.39 is 0 Å². The highest BCUT2D eigenvalue weighted by Crippen LogP contribution is 2.21. The quantitative estimate of drug-likeness (QED) is 0.299. The standard InChI is InChI=1S/C22H44N2/c1-5-6-7-8-9-10-11-12-13-14-15-16-17-18-19-24-22(3)20-21(2)23(24)4/h20-21H,5-19H2,1-4H3. The van der Waals surface area contributed by atoms with Crippen molar-refractivity contribution in [2.75, 3.05) is 13.6 Å². The summed E-state index contributed by atoms with van der Waals surface area (Å²) in [7, 11) is 2.21. The van der Waals surface area contributed by atoms with E-state index in [1.165, 1.54) is 102 Å². The van der Waals surface area contributed by atoms with E-state index in [0.29, 0.717) is 6.04 Å². The highest BCUT2D eigenvalue weighted by molar-refractivity contribution is 5.07. The van der Waals surface area contributed by atoms with Crippen LogP contribution in [0.4, 0.5) is 0 Å². The summed E-state index contributed by atoms with van der Waals surface area (Å²) in [6.07, 6.45) is 22.5. The van der Waals surface area contributed by atoms with Crippen molar-refractivity contribution in [3.8, 4) is 0 Å². The molecule has 1 aliphatic rings. The first-order chi connectivity index (χ1) is 11.7. The van der Waals surface area contributed by atoms with Crippen molar-refractivity contribution >= 4 is 0 Å². The van der Waals surface area contributed by atoms with Crippen molar-refractivity contribution in [3.63, 3.8) is 0 Å². The van der Waals surface area contributed by atoms with Crippen LogP contribution in [0, 0.1) is 0 Å². The van der Waals surface area contributed by atoms with E-state index in [1.54, 1.807) is 0 Å². The molecular formula is C22H44N2. The Bertz CT molecular complexity index is 324. The van der Waals surface area contributed by atoms with Gasteiger partial charge in [0.1, 0.15) is 0 Å². The third-order valence-corrected chi connectivity index (χ3v) is 5.58. The molecule has 0 spiro atoms. The molecule has 2 heteroatoms. The van der Waals surface area contributed by atoms with Gasteiger partial charge in [-0.2, -0.15) is 0 Å². The van der Waals surface area contributed by atoms with Crippen LogP contribution in [0.2, 0.25) is 0 Å². The van der Waals surface area contributed by atoms with E-state index in [9.17, 15) is 0 Å². The zero-order chi connectivity index (χ0) is 17.6. The molecule has 1 rings (SSSR count). The molecule has 0 N–H and O–H groups in total. The first-order valence-electron chi connectivity index (χ1n) is 10.9. The zero-order valence-corrected chi connectivity index (χ0v) is 17.2. The summed E-state index contributed by atoms with van der Waals surface area (Å²) in [5.41, 5.74) is 1.43. The summed E-state index contributed by atoms with van der Waals surface area (Å²) in [6, 6.07) is 0.566. The number of nitrogens with zero attached hydrogens (tertiary/aromatic N) is 2. The van der Waals surface area contributed by atoms with Crippen LogP contribution in [0.5, 0.6) is 0 Å². The fourth-order valence-corrected chi connectivity index (χ4v) is 3.80. The summed E-state index contributed by atoms with van der Waals surface area (Å²) >= 11 is 0. The van der Waals surface area contributed by atoms with Gasteiger partial charge in [0.05, 0.1) is 0 Å². The fourth-order valence-electron chi connectivity index (χ4n) is 3.80. The molecule has 0 aromatic rings.